The first-order valence-electron chi connectivity index (χ1n) is 4.57. The second-order valence-electron chi connectivity index (χ2n) is 2.64. The molecule has 15 heavy (non-hydrogen) atoms. The Kier molecular flexibility index (Phi) is 6.55. The van der Waals surface area contributed by atoms with Crippen molar-refractivity contribution in [3.63, 3.8) is 0 Å². The quantitative estimate of drug-likeness (QED) is 0.392. The summed E-state index contributed by atoms with van der Waals surface area (Å²) < 4.78 is 0. The highest BCUT2D eigenvalue weighted by molar-refractivity contribution is 5.96. The van der Waals surface area contributed by atoms with Crippen molar-refractivity contribution in [3.8, 4) is 0 Å². The molecule has 0 heterocycles. The molecule has 3 heteroatoms. The molecule has 0 aromatic rings. The molecule has 0 N–H and O–H groups in total. The molecule has 0 atom stereocenters. The lowest BCUT2D eigenvalue weighted by Crippen LogP contribution is -2.26. The van der Waals surface area contributed by atoms with Gasteiger partial charge in [-0.15, -0.1) is 0 Å². The van der Waals surface area contributed by atoms with Gasteiger partial charge in [-0.2, -0.15) is 0 Å². The van der Waals surface area contributed by atoms with E-state index in [9.17, 15) is 9.59 Å². The SMILES string of the molecule is C=C/C(=C\C=C/C)N(C=O)C(=O)/C=C\C. The molecule has 3 nitrogen and oxygen atoms in total. The van der Waals surface area contributed by atoms with E-state index in [1.54, 1.807) is 31.2 Å². The number of amides is 2. The third-order valence-corrected chi connectivity index (χ3v) is 1.60. The fourth-order valence-corrected chi connectivity index (χ4v) is 0.904. The zero-order valence-corrected chi connectivity index (χ0v) is 9.01. The largest absolute Gasteiger partial charge is 0.278 e. The molecule has 0 saturated heterocycles. The lowest BCUT2D eigenvalue weighted by molar-refractivity contribution is -0.131. The van der Waals surface area contributed by atoms with Gasteiger partial charge in [-0.1, -0.05) is 24.8 Å². The van der Waals surface area contributed by atoms with E-state index >= 15 is 0 Å². The molecule has 0 aliphatic carbocycles. The minimum absolute atomic E-state index is 0.386. The minimum atomic E-state index is -0.386. The predicted octanol–water partition coefficient (Wildman–Crippen LogP) is 2.19. The molecule has 0 unspecified atom stereocenters. The lowest BCUT2D eigenvalue weighted by Gasteiger charge is -2.13. The van der Waals surface area contributed by atoms with E-state index in [1.165, 1.54) is 12.2 Å². The summed E-state index contributed by atoms with van der Waals surface area (Å²) in [4.78, 5) is 23.2. The van der Waals surface area contributed by atoms with Gasteiger partial charge in [0.05, 0.1) is 5.70 Å². The molecule has 0 aromatic carbocycles. The monoisotopic (exact) mass is 205 g/mol. The molecule has 0 bridgehead atoms. The molecule has 0 spiro atoms. The van der Waals surface area contributed by atoms with Crippen molar-refractivity contribution in [2.75, 3.05) is 0 Å². The number of hydrogen-bond acceptors (Lipinski definition) is 2. The van der Waals surface area contributed by atoms with Gasteiger partial charge in [-0.05, 0) is 32.1 Å². The van der Waals surface area contributed by atoms with Gasteiger partial charge < -0.3 is 0 Å². The van der Waals surface area contributed by atoms with Crippen molar-refractivity contribution in [1.82, 2.24) is 4.90 Å². The van der Waals surface area contributed by atoms with Crippen LogP contribution in [0.1, 0.15) is 13.8 Å². The second-order valence-corrected chi connectivity index (χ2v) is 2.64. The summed E-state index contributed by atoms with van der Waals surface area (Å²) in [6.45, 7) is 7.10. The Morgan fingerprint density at radius 2 is 1.93 bits per heavy atom. The zero-order chi connectivity index (χ0) is 11.7. The van der Waals surface area contributed by atoms with Gasteiger partial charge in [0.2, 0.25) is 6.41 Å². The van der Waals surface area contributed by atoms with E-state index in [1.807, 2.05) is 6.92 Å². The molecule has 0 aliphatic rings. The average molecular weight is 205 g/mol. The summed E-state index contributed by atoms with van der Waals surface area (Å²) in [7, 11) is 0. The lowest BCUT2D eigenvalue weighted by atomic mass is 10.3. The molecule has 0 rings (SSSR count). The fourth-order valence-electron chi connectivity index (χ4n) is 0.904. The molecule has 0 aliphatic heterocycles. The van der Waals surface area contributed by atoms with Crippen molar-refractivity contribution in [1.29, 1.82) is 0 Å². The van der Waals surface area contributed by atoms with Crippen LogP contribution in [0.15, 0.2) is 48.7 Å². The average Bonchev–Trinajstić information content (AvgIpc) is 2.24. The Labute approximate surface area is 90.1 Å². The first-order chi connectivity index (χ1) is 7.21. The molecule has 0 aromatic heterocycles. The van der Waals surface area contributed by atoms with Gasteiger partial charge in [0.1, 0.15) is 0 Å². The Bertz CT molecular complexity index is 325. The predicted molar refractivity (Wildman–Crippen MR) is 60.8 cm³/mol. The maximum absolute atomic E-state index is 11.4. The molecular formula is C12H15NO2. The number of imide groups is 1. The summed E-state index contributed by atoms with van der Waals surface area (Å²) in [6.07, 6.45) is 10.00. The van der Waals surface area contributed by atoms with Gasteiger partial charge in [-0.25, -0.2) is 4.90 Å². The molecule has 80 valence electrons. The standard InChI is InChI=1S/C12H15NO2/c1-4-7-9-11(6-3)13(10-14)12(15)8-5-2/h4-10H,3H2,1-2H3/b7-4-,8-5-,11-9+. The van der Waals surface area contributed by atoms with E-state index in [0.717, 1.165) is 4.90 Å². The van der Waals surface area contributed by atoms with E-state index in [4.69, 9.17) is 0 Å². The van der Waals surface area contributed by atoms with Crippen molar-refractivity contribution < 1.29 is 9.59 Å². The van der Waals surface area contributed by atoms with Crippen LogP contribution in [0, 0.1) is 0 Å². The number of nitrogens with zero attached hydrogens (tertiary/aromatic N) is 1. The molecule has 0 radical (unpaired) electrons. The molecule has 2 amide bonds. The van der Waals surface area contributed by atoms with E-state index in [0.29, 0.717) is 12.1 Å². The van der Waals surface area contributed by atoms with Gasteiger partial charge in [-0.3, -0.25) is 9.59 Å². The highest BCUT2D eigenvalue weighted by atomic mass is 16.2. The Morgan fingerprint density at radius 1 is 1.27 bits per heavy atom. The first kappa shape index (κ1) is 13.1. The van der Waals surface area contributed by atoms with E-state index < -0.39 is 0 Å². The minimum Gasteiger partial charge on any atom is -0.278 e. The van der Waals surface area contributed by atoms with Crippen LogP contribution >= 0.6 is 0 Å². The van der Waals surface area contributed by atoms with Crippen LogP contribution in [0.4, 0.5) is 0 Å². The van der Waals surface area contributed by atoms with Crippen LogP contribution in [-0.2, 0) is 9.59 Å². The van der Waals surface area contributed by atoms with E-state index in [-0.39, 0.29) is 5.91 Å². The number of allylic oxidation sites excluding steroid dienone is 5. The topological polar surface area (TPSA) is 37.4 Å². The third kappa shape index (κ3) is 4.22. The van der Waals surface area contributed by atoms with Crippen molar-refractivity contribution in [2.24, 2.45) is 0 Å². The van der Waals surface area contributed by atoms with Gasteiger partial charge in [0.25, 0.3) is 5.91 Å². The summed E-state index contributed by atoms with van der Waals surface area (Å²) in [6, 6.07) is 0. The number of carbonyl (C=O) groups is 2. The van der Waals surface area contributed by atoms with Crippen LogP contribution in [0.25, 0.3) is 0 Å². The Morgan fingerprint density at radius 3 is 2.33 bits per heavy atom. The summed E-state index contributed by atoms with van der Waals surface area (Å²) >= 11 is 0. The third-order valence-electron chi connectivity index (χ3n) is 1.60. The van der Waals surface area contributed by atoms with E-state index in [2.05, 4.69) is 6.58 Å². The zero-order valence-electron chi connectivity index (χ0n) is 9.01. The van der Waals surface area contributed by atoms with Crippen LogP contribution in [-0.4, -0.2) is 17.2 Å². The van der Waals surface area contributed by atoms with Gasteiger partial charge in [0.15, 0.2) is 0 Å². The number of hydrogen-bond donors (Lipinski definition) is 0. The van der Waals surface area contributed by atoms with Crippen LogP contribution in [0.2, 0.25) is 0 Å². The highest BCUT2D eigenvalue weighted by Crippen LogP contribution is 2.04. The van der Waals surface area contributed by atoms with Crippen LogP contribution in [0.3, 0.4) is 0 Å². The molecule has 0 saturated carbocycles. The maximum Gasteiger partial charge on any atom is 0.257 e. The molecule has 0 fully saturated rings. The summed E-state index contributed by atoms with van der Waals surface area (Å²) in [5.74, 6) is -0.386. The van der Waals surface area contributed by atoms with Gasteiger partial charge in [0, 0.05) is 0 Å². The van der Waals surface area contributed by atoms with Crippen molar-refractivity contribution in [2.45, 2.75) is 13.8 Å². The number of rotatable bonds is 5. The Hall–Kier alpha value is -1.90. The van der Waals surface area contributed by atoms with Crippen LogP contribution < -0.4 is 0 Å². The Balaban J connectivity index is 4.99. The van der Waals surface area contributed by atoms with Crippen LogP contribution in [0.5, 0.6) is 0 Å². The fraction of sp³-hybridized carbons (Fsp3) is 0.167. The summed E-state index contributed by atoms with van der Waals surface area (Å²) in [5.41, 5.74) is 0.450. The normalized spacial score (nSPS) is 12.0. The number of carbonyl (C=O) groups excluding carboxylic acids is 2. The first-order valence-corrected chi connectivity index (χ1v) is 4.57. The summed E-state index contributed by atoms with van der Waals surface area (Å²) in [5, 5.41) is 0. The highest BCUT2D eigenvalue weighted by Gasteiger charge is 2.11. The maximum atomic E-state index is 11.4. The van der Waals surface area contributed by atoms with Gasteiger partial charge >= 0.3 is 0 Å². The van der Waals surface area contributed by atoms with Crippen molar-refractivity contribution >= 4 is 12.3 Å². The van der Waals surface area contributed by atoms with Crippen molar-refractivity contribution in [3.05, 3.63) is 48.7 Å². The smallest absolute Gasteiger partial charge is 0.257 e. The molecular weight excluding hydrogens is 190 g/mol. The second kappa shape index (κ2) is 7.50.